The van der Waals surface area contributed by atoms with Crippen LogP contribution in [-0.4, -0.2) is 22.1 Å². The Morgan fingerprint density at radius 3 is 2.60 bits per heavy atom. The van der Waals surface area contributed by atoms with Crippen LogP contribution in [0, 0.1) is 3.57 Å². The van der Waals surface area contributed by atoms with E-state index in [9.17, 15) is 8.42 Å². The maximum atomic E-state index is 11.6. The maximum Gasteiger partial charge on any atom is 0.240 e. The summed E-state index contributed by atoms with van der Waals surface area (Å²) in [5.74, 6) is 0.672. The van der Waals surface area contributed by atoms with E-state index in [4.69, 9.17) is 4.74 Å². The van der Waals surface area contributed by atoms with Gasteiger partial charge in [-0.1, -0.05) is 6.92 Å². The van der Waals surface area contributed by atoms with Crippen molar-refractivity contribution in [1.29, 1.82) is 0 Å². The summed E-state index contributed by atoms with van der Waals surface area (Å²) in [7, 11) is -1.82. The molecule has 0 atom stereocenters. The van der Waals surface area contributed by atoms with E-state index in [1.54, 1.807) is 26.2 Å². The molecule has 4 nitrogen and oxygen atoms in total. The van der Waals surface area contributed by atoms with Gasteiger partial charge in [-0.2, -0.15) is 0 Å². The standard InChI is InChI=1S/C9H12INO3S/c1-3-11-15(12,13)7-4-5-9(14-2)8(10)6-7/h4-6,11H,3H2,1-2H3. The van der Waals surface area contributed by atoms with Gasteiger partial charge in [0.05, 0.1) is 15.6 Å². The van der Waals surface area contributed by atoms with Gasteiger partial charge in [0.25, 0.3) is 0 Å². The molecule has 0 aliphatic heterocycles. The number of hydrogen-bond donors (Lipinski definition) is 1. The van der Waals surface area contributed by atoms with Gasteiger partial charge in [0, 0.05) is 6.54 Å². The van der Waals surface area contributed by atoms with Crippen LogP contribution in [0.5, 0.6) is 5.75 Å². The summed E-state index contributed by atoms with van der Waals surface area (Å²) in [6.45, 7) is 2.12. The van der Waals surface area contributed by atoms with Gasteiger partial charge >= 0.3 is 0 Å². The predicted octanol–water partition coefficient (Wildman–Crippen LogP) is 1.60. The maximum absolute atomic E-state index is 11.6. The first-order valence-corrected chi connectivity index (χ1v) is 6.90. The molecule has 0 bridgehead atoms. The van der Waals surface area contributed by atoms with E-state index in [-0.39, 0.29) is 4.90 Å². The minimum atomic E-state index is -3.37. The van der Waals surface area contributed by atoms with Gasteiger partial charge in [-0.05, 0) is 40.8 Å². The average molecular weight is 341 g/mol. The lowest BCUT2D eigenvalue weighted by molar-refractivity contribution is 0.411. The lowest BCUT2D eigenvalue weighted by Crippen LogP contribution is -2.23. The van der Waals surface area contributed by atoms with E-state index in [0.717, 1.165) is 3.57 Å². The van der Waals surface area contributed by atoms with Gasteiger partial charge in [-0.3, -0.25) is 0 Å². The fraction of sp³-hybridized carbons (Fsp3) is 0.333. The van der Waals surface area contributed by atoms with Crippen molar-refractivity contribution in [1.82, 2.24) is 4.72 Å². The summed E-state index contributed by atoms with van der Waals surface area (Å²) in [4.78, 5) is 0.259. The van der Waals surface area contributed by atoms with Crippen LogP contribution in [0.1, 0.15) is 6.92 Å². The first kappa shape index (κ1) is 12.7. The second kappa shape index (κ2) is 5.13. The SMILES string of the molecule is CCNS(=O)(=O)c1ccc(OC)c(I)c1. The molecule has 1 rings (SSSR count). The molecule has 6 heteroatoms. The van der Waals surface area contributed by atoms with Crippen LogP contribution in [0.3, 0.4) is 0 Å². The summed E-state index contributed by atoms with van der Waals surface area (Å²) in [5.41, 5.74) is 0. The van der Waals surface area contributed by atoms with Crippen LogP contribution in [0.2, 0.25) is 0 Å². The zero-order valence-electron chi connectivity index (χ0n) is 8.45. The molecule has 0 fully saturated rings. The normalized spacial score (nSPS) is 11.4. The molecule has 0 heterocycles. The van der Waals surface area contributed by atoms with E-state index in [0.29, 0.717) is 12.3 Å². The second-order valence-corrected chi connectivity index (χ2v) is 5.73. The molecule has 0 saturated carbocycles. The molecular formula is C9H12INO3S. The first-order chi connectivity index (χ1) is 7.01. The lowest BCUT2D eigenvalue weighted by Gasteiger charge is -2.07. The van der Waals surface area contributed by atoms with Gasteiger partial charge in [0.2, 0.25) is 10.0 Å². The largest absolute Gasteiger partial charge is 0.496 e. The van der Waals surface area contributed by atoms with Crippen LogP contribution in [0.15, 0.2) is 23.1 Å². The van der Waals surface area contributed by atoms with Crippen molar-refractivity contribution >= 4 is 32.6 Å². The highest BCUT2D eigenvalue weighted by Gasteiger charge is 2.14. The molecule has 1 N–H and O–H groups in total. The zero-order valence-corrected chi connectivity index (χ0v) is 11.4. The average Bonchev–Trinajstić information content (AvgIpc) is 2.17. The van der Waals surface area contributed by atoms with Crippen molar-refractivity contribution < 1.29 is 13.2 Å². The third-order valence-corrected chi connectivity index (χ3v) is 4.15. The minimum absolute atomic E-state index is 0.259. The molecule has 0 unspecified atom stereocenters. The Bertz CT molecular complexity index is 445. The number of halogens is 1. The molecule has 15 heavy (non-hydrogen) atoms. The van der Waals surface area contributed by atoms with Crippen LogP contribution >= 0.6 is 22.6 Å². The van der Waals surface area contributed by atoms with Crippen molar-refractivity contribution in [2.24, 2.45) is 0 Å². The Balaban J connectivity index is 3.13. The monoisotopic (exact) mass is 341 g/mol. The first-order valence-electron chi connectivity index (χ1n) is 4.34. The number of nitrogens with one attached hydrogen (secondary N) is 1. The molecule has 0 aliphatic rings. The zero-order chi connectivity index (χ0) is 11.5. The Hall–Kier alpha value is -0.340. The number of ether oxygens (including phenoxy) is 1. The van der Waals surface area contributed by atoms with Crippen molar-refractivity contribution in [2.45, 2.75) is 11.8 Å². The summed E-state index contributed by atoms with van der Waals surface area (Å²) < 4.78 is 31.5. The molecule has 84 valence electrons. The highest BCUT2D eigenvalue weighted by molar-refractivity contribution is 14.1. The Morgan fingerprint density at radius 1 is 1.47 bits per heavy atom. The topological polar surface area (TPSA) is 55.4 Å². The third kappa shape index (κ3) is 3.05. The Labute approximate surface area is 103 Å². The molecule has 1 aromatic carbocycles. The van der Waals surface area contributed by atoms with Crippen molar-refractivity contribution in [3.05, 3.63) is 21.8 Å². The van der Waals surface area contributed by atoms with E-state index in [1.807, 2.05) is 22.6 Å². The molecule has 0 amide bonds. The lowest BCUT2D eigenvalue weighted by atomic mass is 10.3. The van der Waals surface area contributed by atoms with Crippen LogP contribution in [0.25, 0.3) is 0 Å². The van der Waals surface area contributed by atoms with Gasteiger partial charge in [0.15, 0.2) is 0 Å². The van der Waals surface area contributed by atoms with Crippen molar-refractivity contribution in [2.75, 3.05) is 13.7 Å². The van der Waals surface area contributed by atoms with Gasteiger partial charge in [-0.25, -0.2) is 13.1 Å². The molecule has 1 aromatic rings. The third-order valence-electron chi connectivity index (χ3n) is 1.77. The summed E-state index contributed by atoms with van der Waals surface area (Å²) >= 11 is 2.04. The number of benzene rings is 1. The smallest absolute Gasteiger partial charge is 0.240 e. The number of sulfonamides is 1. The van der Waals surface area contributed by atoms with Crippen molar-refractivity contribution in [3.8, 4) is 5.75 Å². The molecule has 0 saturated heterocycles. The Kier molecular flexibility index (Phi) is 4.35. The number of methoxy groups -OCH3 is 1. The van der Waals surface area contributed by atoms with Crippen LogP contribution < -0.4 is 9.46 Å². The summed E-state index contributed by atoms with van der Waals surface area (Å²) in [6.07, 6.45) is 0. The summed E-state index contributed by atoms with van der Waals surface area (Å²) in [5, 5.41) is 0. The fourth-order valence-corrected chi connectivity index (χ4v) is 3.10. The number of hydrogen-bond acceptors (Lipinski definition) is 3. The highest BCUT2D eigenvalue weighted by atomic mass is 127. The van der Waals surface area contributed by atoms with Gasteiger partial charge in [0.1, 0.15) is 5.75 Å². The minimum Gasteiger partial charge on any atom is -0.496 e. The van der Waals surface area contributed by atoms with Gasteiger partial charge in [-0.15, -0.1) is 0 Å². The second-order valence-electron chi connectivity index (χ2n) is 2.80. The molecular weight excluding hydrogens is 329 g/mol. The van der Waals surface area contributed by atoms with Crippen LogP contribution in [0.4, 0.5) is 0 Å². The fourth-order valence-electron chi connectivity index (χ4n) is 1.09. The number of rotatable bonds is 4. The van der Waals surface area contributed by atoms with Gasteiger partial charge < -0.3 is 4.74 Å². The Morgan fingerprint density at radius 2 is 2.13 bits per heavy atom. The quantitative estimate of drug-likeness (QED) is 0.847. The van der Waals surface area contributed by atoms with E-state index < -0.39 is 10.0 Å². The van der Waals surface area contributed by atoms with Crippen molar-refractivity contribution in [3.63, 3.8) is 0 Å². The molecule has 0 aromatic heterocycles. The van der Waals surface area contributed by atoms with E-state index in [1.165, 1.54) is 6.07 Å². The van der Waals surface area contributed by atoms with E-state index in [2.05, 4.69) is 4.72 Å². The summed E-state index contributed by atoms with van der Waals surface area (Å²) in [6, 6.07) is 4.75. The van der Waals surface area contributed by atoms with E-state index >= 15 is 0 Å². The highest BCUT2D eigenvalue weighted by Crippen LogP contribution is 2.23. The predicted molar refractivity (Wildman–Crippen MR) is 66.6 cm³/mol. The molecule has 0 spiro atoms. The molecule has 0 radical (unpaired) electrons. The molecule has 0 aliphatic carbocycles. The van der Waals surface area contributed by atoms with Crippen LogP contribution in [-0.2, 0) is 10.0 Å².